The van der Waals surface area contributed by atoms with Crippen LogP contribution in [0.3, 0.4) is 0 Å². The van der Waals surface area contributed by atoms with Gasteiger partial charge in [0.1, 0.15) is 11.6 Å². The Morgan fingerprint density at radius 2 is 1.82 bits per heavy atom. The summed E-state index contributed by atoms with van der Waals surface area (Å²) in [7, 11) is 0. The second kappa shape index (κ2) is 8.75. The summed E-state index contributed by atoms with van der Waals surface area (Å²) in [5.74, 6) is -1.79. The van der Waals surface area contributed by atoms with Crippen molar-refractivity contribution >= 4 is 17.5 Å². The second-order valence-electron chi connectivity index (χ2n) is 6.09. The maximum atomic E-state index is 13.2. The van der Waals surface area contributed by atoms with Crippen LogP contribution in [0.2, 0.25) is 5.02 Å². The standard InChI is InChI=1S/C20H16ClF2N3O2/c21-15-3-1-2-14(10-15)18-4-5-20(28)26(25-18)7-6-19(27)24-12-13-8-16(22)11-17(23)9-13/h1-5,8-11H,6-7,12H2,(H,24,27). The first-order valence-corrected chi connectivity index (χ1v) is 8.84. The quantitative estimate of drug-likeness (QED) is 0.684. The Morgan fingerprint density at radius 1 is 1.07 bits per heavy atom. The number of hydrogen-bond donors (Lipinski definition) is 1. The molecule has 1 aromatic heterocycles. The van der Waals surface area contributed by atoms with E-state index in [1.165, 1.54) is 10.7 Å². The summed E-state index contributed by atoms with van der Waals surface area (Å²) >= 11 is 5.98. The van der Waals surface area contributed by atoms with Gasteiger partial charge in [-0.25, -0.2) is 13.5 Å². The number of nitrogens with zero attached hydrogens (tertiary/aromatic N) is 2. The van der Waals surface area contributed by atoms with Gasteiger partial charge in [-0.2, -0.15) is 5.10 Å². The van der Waals surface area contributed by atoms with Gasteiger partial charge in [-0.3, -0.25) is 9.59 Å². The first kappa shape index (κ1) is 19.7. The zero-order valence-corrected chi connectivity index (χ0v) is 15.4. The summed E-state index contributed by atoms with van der Waals surface area (Å²) < 4.78 is 27.5. The molecule has 8 heteroatoms. The van der Waals surface area contributed by atoms with Crippen molar-refractivity contribution in [1.29, 1.82) is 0 Å². The molecule has 28 heavy (non-hydrogen) atoms. The van der Waals surface area contributed by atoms with E-state index in [-0.39, 0.29) is 31.0 Å². The molecular formula is C20H16ClF2N3O2. The number of carbonyl (C=O) groups is 1. The van der Waals surface area contributed by atoms with E-state index in [9.17, 15) is 18.4 Å². The largest absolute Gasteiger partial charge is 0.352 e. The number of hydrogen-bond acceptors (Lipinski definition) is 3. The van der Waals surface area contributed by atoms with E-state index >= 15 is 0 Å². The molecule has 2 aromatic carbocycles. The molecule has 0 bridgehead atoms. The Kier molecular flexibility index (Phi) is 6.16. The number of halogens is 3. The van der Waals surface area contributed by atoms with E-state index in [4.69, 9.17) is 11.6 Å². The molecule has 144 valence electrons. The first-order valence-electron chi connectivity index (χ1n) is 8.46. The van der Waals surface area contributed by atoms with Gasteiger partial charge in [0.05, 0.1) is 12.2 Å². The Balaban J connectivity index is 1.63. The topological polar surface area (TPSA) is 64.0 Å². The molecule has 0 unspecified atom stereocenters. The fourth-order valence-electron chi connectivity index (χ4n) is 2.62. The van der Waals surface area contributed by atoms with Crippen LogP contribution < -0.4 is 10.9 Å². The predicted octanol–water partition coefficient (Wildman–Crippen LogP) is 3.55. The zero-order valence-electron chi connectivity index (χ0n) is 14.7. The summed E-state index contributed by atoms with van der Waals surface area (Å²) in [4.78, 5) is 24.0. The van der Waals surface area contributed by atoms with Crippen molar-refractivity contribution in [3.05, 3.63) is 87.2 Å². The molecule has 1 heterocycles. The van der Waals surface area contributed by atoms with Crippen molar-refractivity contribution in [2.45, 2.75) is 19.5 Å². The SMILES string of the molecule is O=C(CCn1nc(-c2cccc(Cl)c2)ccc1=O)NCc1cc(F)cc(F)c1. The van der Waals surface area contributed by atoms with Crippen molar-refractivity contribution in [2.75, 3.05) is 0 Å². The number of aryl methyl sites for hydroxylation is 1. The van der Waals surface area contributed by atoms with Crippen molar-refractivity contribution in [2.24, 2.45) is 0 Å². The van der Waals surface area contributed by atoms with E-state index in [0.717, 1.165) is 23.8 Å². The van der Waals surface area contributed by atoms with Crippen LogP contribution in [-0.2, 0) is 17.9 Å². The first-order chi connectivity index (χ1) is 13.4. The summed E-state index contributed by atoms with van der Waals surface area (Å²) in [6, 6.07) is 13.1. The highest BCUT2D eigenvalue weighted by atomic mass is 35.5. The lowest BCUT2D eigenvalue weighted by Gasteiger charge is -2.09. The molecule has 0 atom stereocenters. The lowest BCUT2D eigenvalue weighted by atomic mass is 10.1. The summed E-state index contributed by atoms with van der Waals surface area (Å²) in [6.07, 6.45) is -0.0102. The molecule has 0 radical (unpaired) electrons. The Morgan fingerprint density at radius 3 is 2.54 bits per heavy atom. The third kappa shape index (κ3) is 5.23. The molecule has 0 aliphatic carbocycles. The minimum absolute atomic E-state index is 0.0102. The van der Waals surface area contributed by atoms with Gasteiger partial charge in [-0.1, -0.05) is 23.7 Å². The Bertz CT molecular complexity index is 1050. The smallest absolute Gasteiger partial charge is 0.266 e. The van der Waals surface area contributed by atoms with Gasteiger partial charge in [0, 0.05) is 35.7 Å². The van der Waals surface area contributed by atoms with E-state index in [2.05, 4.69) is 10.4 Å². The van der Waals surface area contributed by atoms with Crippen molar-refractivity contribution in [1.82, 2.24) is 15.1 Å². The van der Waals surface area contributed by atoms with E-state index in [0.29, 0.717) is 16.3 Å². The lowest BCUT2D eigenvalue weighted by Crippen LogP contribution is -2.28. The van der Waals surface area contributed by atoms with Crippen LogP contribution in [0.5, 0.6) is 0 Å². The summed E-state index contributed by atoms with van der Waals surface area (Å²) in [6.45, 7) is 0.0506. The fourth-order valence-corrected chi connectivity index (χ4v) is 2.81. The van der Waals surface area contributed by atoms with E-state index in [1.54, 1.807) is 24.3 Å². The highest BCUT2D eigenvalue weighted by Gasteiger charge is 2.08. The average Bonchev–Trinajstić information content (AvgIpc) is 2.65. The predicted molar refractivity (Wildman–Crippen MR) is 102 cm³/mol. The van der Waals surface area contributed by atoms with Gasteiger partial charge in [0.2, 0.25) is 5.91 Å². The number of nitrogens with one attached hydrogen (secondary N) is 1. The second-order valence-corrected chi connectivity index (χ2v) is 6.53. The van der Waals surface area contributed by atoms with Crippen LogP contribution in [-0.4, -0.2) is 15.7 Å². The number of carbonyl (C=O) groups excluding carboxylic acids is 1. The molecule has 0 saturated carbocycles. The molecule has 3 aromatic rings. The molecule has 0 spiro atoms. The highest BCUT2D eigenvalue weighted by molar-refractivity contribution is 6.30. The van der Waals surface area contributed by atoms with Gasteiger partial charge in [0.25, 0.3) is 5.56 Å². The molecule has 0 aliphatic rings. The summed E-state index contributed by atoms with van der Waals surface area (Å²) in [5, 5.41) is 7.37. The van der Waals surface area contributed by atoms with Crippen LogP contribution in [0.15, 0.2) is 59.4 Å². The van der Waals surface area contributed by atoms with Crippen LogP contribution in [0.25, 0.3) is 11.3 Å². The monoisotopic (exact) mass is 403 g/mol. The molecular weight excluding hydrogens is 388 g/mol. The van der Waals surface area contributed by atoms with Crippen LogP contribution in [0.4, 0.5) is 8.78 Å². The van der Waals surface area contributed by atoms with Crippen molar-refractivity contribution in [3.63, 3.8) is 0 Å². The highest BCUT2D eigenvalue weighted by Crippen LogP contribution is 2.19. The molecule has 1 N–H and O–H groups in total. The zero-order chi connectivity index (χ0) is 20.1. The maximum Gasteiger partial charge on any atom is 0.266 e. The van der Waals surface area contributed by atoms with Crippen LogP contribution >= 0.6 is 11.6 Å². The third-order valence-electron chi connectivity index (χ3n) is 3.95. The minimum atomic E-state index is -0.710. The molecule has 3 rings (SSSR count). The van der Waals surface area contributed by atoms with Gasteiger partial charge >= 0.3 is 0 Å². The molecule has 5 nitrogen and oxygen atoms in total. The Hall–Kier alpha value is -3.06. The number of benzene rings is 2. The van der Waals surface area contributed by atoms with Gasteiger partial charge in [-0.05, 0) is 35.9 Å². The Labute approximate surface area is 164 Å². The molecule has 0 saturated heterocycles. The molecule has 1 amide bonds. The molecule has 0 aliphatic heterocycles. The molecule has 0 fully saturated rings. The van der Waals surface area contributed by atoms with Crippen LogP contribution in [0, 0.1) is 11.6 Å². The van der Waals surface area contributed by atoms with Crippen molar-refractivity contribution in [3.8, 4) is 11.3 Å². The van der Waals surface area contributed by atoms with E-state index in [1.807, 2.05) is 6.07 Å². The maximum absolute atomic E-state index is 13.2. The number of rotatable bonds is 6. The van der Waals surface area contributed by atoms with Crippen molar-refractivity contribution < 1.29 is 13.6 Å². The van der Waals surface area contributed by atoms with Gasteiger partial charge in [-0.15, -0.1) is 0 Å². The van der Waals surface area contributed by atoms with Gasteiger partial charge < -0.3 is 5.32 Å². The van der Waals surface area contributed by atoms with Crippen LogP contribution in [0.1, 0.15) is 12.0 Å². The third-order valence-corrected chi connectivity index (χ3v) is 4.18. The number of amides is 1. The fraction of sp³-hybridized carbons (Fsp3) is 0.150. The average molecular weight is 404 g/mol. The van der Waals surface area contributed by atoms with Gasteiger partial charge in [0.15, 0.2) is 0 Å². The van der Waals surface area contributed by atoms with E-state index < -0.39 is 11.6 Å². The normalized spacial score (nSPS) is 10.7. The lowest BCUT2D eigenvalue weighted by molar-refractivity contribution is -0.121. The summed E-state index contributed by atoms with van der Waals surface area (Å²) in [5.41, 5.74) is 1.27. The number of aromatic nitrogens is 2. The minimum Gasteiger partial charge on any atom is -0.352 e.